The maximum Gasteiger partial charge on any atom is 0.0665 e. The molecule has 0 bridgehead atoms. The molecule has 2 nitrogen and oxygen atoms in total. The first kappa shape index (κ1) is 9.66. The molecule has 0 saturated heterocycles. The van der Waals surface area contributed by atoms with Crippen LogP contribution in [-0.2, 0) is 0 Å². The Balaban J connectivity index is 3.10. The lowest BCUT2D eigenvalue weighted by Crippen LogP contribution is -2.18. The molecule has 0 aliphatic rings. The van der Waals surface area contributed by atoms with Crippen molar-refractivity contribution in [3.63, 3.8) is 0 Å². The van der Waals surface area contributed by atoms with E-state index in [0.717, 1.165) is 19.3 Å². The Morgan fingerprint density at radius 2 is 2.20 bits per heavy atom. The fourth-order valence-electron chi connectivity index (χ4n) is 0.691. The van der Waals surface area contributed by atoms with E-state index in [9.17, 15) is 0 Å². The third-order valence-corrected chi connectivity index (χ3v) is 1.34. The predicted molar refractivity (Wildman–Crippen MR) is 43.7 cm³/mol. The molecule has 60 valence electrons. The summed E-state index contributed by atoms with van der Waals surface area (Å²) in [5, 5.41) is 9.00. The number of hydrogen-bond donors (Lipinski definition) is 2. The molecule has 1 atom stereocenters. The average Bonchev–Trinajstić information content (AvgIpc) is 1.98. The maximum absolute atomic E-state index is 9.00. The number of hydrogen-bond acceptors (Lipinski definition) is 2. The molecule has 0 heterocycles. The van der Waals surface area contributed by atoms with Crippen LogP contribution in [0.15, 0.2) is 12.2 Å². The number of aliphatic hydroxyl groups excluding tert-OH is 1. The van der Waals surface area contributed by atoms with Gasteiger partial charge < -0.3 is 10.8 Å². The van der Waals surface area contributed by atoms with Gasteiger partial charge in [-0.15, -0.1) is 0 Å². The summed E-state index contributed by atoms with van der Waals surface area (Å²) in [4.78, 5) is 0. The van der Waals surface area contributed by atoms with Gasteiger partial charge in [-0.1, -0.05) is 19.1 Å². The van der Waals surface area contributed by atoms with Gasteiger partial charge >= 0.3 is 0 Å². The molecule has 0 radical (unpaired) electrons. The van der Waals surface area contributed by atoms with E-state index in [2.05, 4.69) is 19.1 Å². The van der Waals surface area contributed by atoms with Crippen LogP contribution in [0, 0.1) is 0 Å². The Morgan fingerprint density at radius 1 is 1.50 bits per heavy atom. The van der Waals surface area contributed by atoms with Gasteiger partial charge in [-0.25, -0.2) is 0 Å². The standard InChI is InChI=1S/C8H17NO/c1-2-3-4-5-6-8(10)7-9/h3-4,8,10H,2,5-7,9H2,1H3/b4-3+. The topological polar surface area (TPSA) is 46.2 Å². The minimum Gasteiger partial charge on any atom is -0.392 e. The minimum atomic E-state index is -0.318. The second-order valence-electron chi connectivity index (χ2n) is 2.35. The lowest BCUT2D eigenvalue weighted by atomic mass is 10.2. The van der Waals surface area contributed by atoms with E-state index in [0.29, 0.717) is 6.54 Å². The van der Waals surface area contributed by atoms with E-state index in [-0.39, 0.29) is 6.10 Å². The number of rotatable bonds is 5. The molecule has 0 aliphatic heterocycles. The third kappa shape index (κ3) is 5.79. The molecule has 0 aromatic heterocycles. The Labute approximate surface area is 62.7 Å². The second-order valence-corrected chi connectivity index (χ2v) is 2.35. The van der Waals surface area contributed by atoms with Crippen molar-refractivity contribution in [2.75, 3.05) is 6.54 Å². The van der Waals surface area contributed by atoms with E-state index in [1.807, 2.05) is 0 Å². The van der Waals surface area contributed by atoms with Crippen LogP contribution in [0.3, 0.4) is 0 Å². The van der Waals surface area contributed by atoms with E-state index in [4.69, 9.17) is 10.8 Å². The van der Waals surface area contributed by atoms with Crippen molar-refractivity contribution in [2.24, 2.45) is 5.73 Å². The van der Waals surface area contributed by atoms with Gasteiger partial charge in [-0.3, -0.25) is 0 Å². The van der Waals surface area contributed by atoms with Gasteiger partial charge in [0.15, 0.2) is 0 Å². The monoisotopic (exact) mass is 143 g/mol. The van der Waals surface area contributed by atoms with Gasteiger partial charge in [-0.05, 0) is 19.3 Å². The molecule has 0 amide bonds. The number of aliphatic hydroxyl groups is 1. The van der Waals surface area contributed by atoms with Crippen molar-refractivity contribution < 1.29 is 5.11 Å². The Morgan fingerprint density at radius 3 is 2.70 bits per heavy atom. The summed E-state index contributed by atoms with van der Waals surface area (Å²) >= 11 is 0. The SMILES string of the molecule is CC/C=C/CCC(O)CN. The van der Waals surface area contributed by atoms with Crippen LogP contribution in [0.4, 0.5) is 0 Å². The summed E-state index contributed by atoms with van der Waals surface area (Å²) in [6.45, 7) is 2.47. The normalized spacial score (nSPS) is 14.3. The zero-order valence-corrected chi connectivity index (χ0v) is 6.59. The highest BCUT2D eigenvalue weighted by Crippen LogP contribution is 1.96. The predicted octanol–water partition coefficient (Wildman–Crippen LogP) is 1.05. The highest BCUT2D eigenvalue weighted by Gasteiger charge is 1.96. The van der Waals surface area contributed by atoms with Gasteiger partial charge in [0.25, 0.3) is 0 Å². The fourth-order valence-corrected chi connectivity index (χ4v) is 0.691. The molecule has 2 heteroatoms. The van der Waals surface area contributed by atoms with Crippen LogP contribution < -0.4 is 5.73 Å². The zero-order chi connectivity index (χ0) is 7.82. The summed E-state index contributed by atoms with van der Waals surface area (Å²) in [5.74, 6) is 0. The Kier molecular flexibility index (Phi) is 6.55. The van der Waals surface area contributed by atoms with E-state index < -0.39 is 0 Å². The highest BCUT2D eigenvalue weighted by atomic mass is 16.3. The molecule has 0 aromatic carbocycles. The first-order chi connectivity index (χ1) is 4.81. The minimum absolute atomic E-state index is 0.318. The molecular weight excluding hydrogens is 126 g/mol. The van der Waals surface area contributed by atoms with Crippen molar-refractivity contribution >= 4 is 0 Å². The molecule has 1 unspecified atom stereocenters. The first-order valence-electron chi connectivity index (χ1n) is 3.84. The van der Waals surface area contributed by atoms with E-state index in [1.165, 1.54) is 0 Å². The Hall–Kier alpha value is -0.340. The first-order valence-corrected chi connectivity index (χ1v) is 3.84. The summed E-state index contributed by atoms with van der Waals surface area (Å²) in [6, 6.07) is 0. The molecule has 0 rings (SSSR count). The second kappa shape index (κ2) is 6.78. The molecule has 0 fully saturated rings. The van der Waals surface area contributed by atoms with Crippen molar-refractivity contribution in [2.45, 2.75) is 32.3 Å². The lowest BCUT2D eigenvalue weighted by molar-refractivity contribution is 0.174. The van der Waals surface area contributed by atoms with Crippen molar-refractivity contribution in [3.8, 4) is 0 Å². The van der Waals surface area contributed by atoms with E-state index in [1.54, 1.807) is 0 Å². The largest absolute Gasteiger partial charge is 0.392 e. The zero-order valence-electron chi connectivity index (χ0n) is 6.59. The molecule has 0 saturated carbocycles. The summed E-state index contributed by atoms with van der Waals surface area (Å²) in [7, 11) is 0. The van der Waals surface area contributed by atoms with Gasteiger partial charge in [0.05, 0.1) is 6.10 Å². The summed E-state index contributed by atoms with van der Waals surface area (Å²) < 4.78 is 0. The maximum atomic E-state index is 9.00. The summed E-state index contributed by atoms with van der Waals surface area (Å²) in [6.07, 6.45) is 6.65. The fraction of sp³-hybridized carbons (Fsp3) is 0.750. The highest BCUT2D eigenvalue weighted by molar-refractivity contribution is 4.80. The van der Waals surface area contributed by atoms with Gasteiger partial charge in [0.2, 0.25) is 0 Å². The molecule has 0 aromatic rings. The van der Waals surface area contributed by atoms with Crippen LogP contribution >= 0.6 is 0 Å². The quantitative estimate of drug-likeness (QED) is 0.565. The Bertz CT molecular complexity index is 91.3. The molecular formula is C8H17NO. The summed E-state index contributed by atoms with van der Waals surface area (Å²) in [5.41, 5.74) is 5.21. The lowest BCUT2D eigenvalue weighted by Gasteiger charge is -2.03. The van der Waals surface area contributed by atoms with Crippen LogP contribution in [0.5, 0.6) is 0 Å². The molecule has 0 spiro atoms. The van der Waals surface area contributed by atoms with Crippen LogP contribution in [0.2, 0.25) is 0 Å². The van der Waals surface area contributed by atoms with Crippen LogP contribution in [-0.4, -0.2) is 17.8 Å². The van der Waals surface area contributed by atoms with Crippen molar-refractivity contribution in [1.29, 1.82) is 0 Å². The molecule has 3 N–H and O–H groups in total. The average molecular weight is 143 g/mol. The number of nitrogens with two attached hydrogens (primary N) is 1. The van der Waals surface area contributed by atoms with Crippen molar-refractivity contribution in [3.05, 3.63) is 12.2 Å². The van der Waals surface area contributed by atoms with Crippen LogP contribution in [0.25, 0.3) is 0 Å². The van der Waals surface area contributed by atoms with Gasteiger partial charge in [-0.2, -0.15) is 0 Å². The van der Waals surface area contributed by atoms with E-state index >= 15 is 0 Å². The van der Waals surface area contributed by atoms with Gasteiger partial charge in [0, 0.05) is 6.54 Å². The van der Waals surface area contributed by atoms with Crippen molar-refractivity contribution in [1.82, 2.24) is 0 Å². The molecule has 0 aliphatic carbocycles. The van der Waals surface area contributed by atoms with Crippen LogP contribution in [0.1, 0.15) is 26.2 Å². The molecule has 10 heavy (non-hydrogen) atoms. The third-order valence-electron chi connectivity index (χ3n) is 1.34. The smallest absolute Gasteiger partial charge is 0.0665 e. The number of allylic oxidation sites excluding steroid dienone is 2. The van der Waals surface area contributed by atoms with Gasteiger partial charge in [0.1, 0.15) is 0 Å².